The standard InChI is InChI=1S/C21H24FN7O/c1-21(2)10-17-14(11-24-29(17)16-7-4-3-6-15(16)22)12-27(13-21)19(30)18-25-20-23-8-5-9-28(20)26-18/h3-4,6-7,11H,5,8-10,12-13H2,1-2H3,(H,23,25,26). The lowest BCUT2D eigenvalue weighted by Crippen LogP contribution is -2.38. The quantitative estimate of drug-likeness (QED) is 0.704. The Hall–Kier alpha value is -3.23. The highest BCUT2D eigenvalue weighted by atomic mass is 19.1. The van der Waals surface area contributed by atoms with Crippen LogP contribution in [0.3, 0.4) is 0 Å². The van der Waals surface area contributed by atoms with Gasteiger partial charge in [0.2, 0.25) is 11.8 Å². The number of anilines is 1. The van der Waals surface area contributed by atoms with Crippen LogP contribution in [0.15, 0.2) is 30.5 Å². The highest BCUT2D eigenvalue weighted by molar-refractivity contribution is 5.90. The Labute approximate surface area is 173 Å². The van der Waals surface area contributed by atoms with Gasteiger partial charge in [-0.1, -0.05) is 26.0 Å². The van der Waals surface area contributed by atoms with E-state index in [9.17, 15) is 9.18 Å². The van der Waals surface area contributed by atoms with Gasteiger partial charge in [0.25, 0.3) is 5.91 Å². The predicted molar refractivity (Wildman–Crippen MR) is 109 cm³/mol. The number of carbonyl (C=O) groups is 1. The molecule has 0 fully saturated rings. The fourth-order valence-electron chi connectivity index (χ4n) is 4.28. The molecule has 4 heterocycles. The molecule has 0 atom stereocenters. The summed E-state index contributed by atoms with van der Waals surface area (Å²) in [5.74, 6) is 0.337. The van der Waals surface area contributed by atoms with Crippen molar-refractivity contribution in [1.82, 2.24) is 29.4 Å². The number of nitrogens with one attached hydrogen (secondary N) is 1. The van der Waals surface area contributed by atoms with E-state index in [-0.39, 0.29) is 23.0 Å². The second-order valence-corrected chi connectivity index (χ2v) is 8.74. The average Bonchev–Trinajstić information content (AvgIpc) is 3.28. The fraction of sp³-hybridized carbons (Fsp3) is 0.429. The lowest BCUT2D eigenvalue weighted by molar-refractivity contribution is 0.0667. The van der Waals surface area contributed by atoms with Gasteiger partial charge in [0.05, 0.1) is 6.20 Å². The van der Waals surface area contributed by atoms with Crippen molar-refractivity contribution < 1.29 is 9.18 Å². The topological polar surface area (TPSA) is 80.9 Å². The number of hydrogen-bond acceptors (Lipinski definition) is 5. The van der Waals surface area contributed by atoms with Gasteiger partial charge in [-0.3, -0.25) is 4.79 Å². The smallest absolute Gasteiger partial charge is 0.293 e. The van der Waals surface area contributed by atoms with E-state index < -0.39 is 0 Å². The van der Waals surface area contributed by atoms with E-state index in [2.05, 4.69) is 34.3 Å². The number of para-hydroxylation sites is 1. The summed E-state index contributed by atoms with van der Waals surface area (Å²) in [4.78, 5) is 19.5. The molecule has 9 heteroatoms. The third kappa shape index (κ3) is 3.24. The van der Waals surface area contributed by atoms with E-state index >= 15 is 0 Å². The zero-order chi connectivity index (χ0) is 20.9. The molecule has 1 amide bonds. The molecule has 2 aromatic heterocycles. The van der Waals surface area contributed by atoms with Crippen molar-refractivity contribution >= 4 is 11.9 Å². The van der Waals surface area contributed by atoms with E-state index in [4.69, 9.17) is 0 Å². The highest BCUT2D eigenvalue weighted by Gasteiger charge is 2.35. The van der Waals surface area contributed by atoms with Crippen LogP contribution in [0.2, 0.25) is 0 Å². The number of aromatic nitrogens is 5. The zero-order valence-corrected chi connectivity index (χ0v) is 17.1. The average molecular weight is 409 g/mol. The van der Waals surface area contributed by atoms with Crippen molar-refractivity contribution in [1.29, 1.82) is 0 Å². The minimum Gasteiger partial charge on any atom is -0.354 e. The lowest BCUT2D eigenvalue weighted by Gasteiger charge is -2.29. The summed E-state index contributed by atoms with van der Waals surface area (Å²) in [7, 11) is 0. The van der Waals surface area contributed by atoms with Gasteiger partial charge in [-0.2, -0.15) is 10.1 Å². The minimum atomic E-state index is -0.321. The summed E-state index contributed by atoms with van der Waals surface area (Å²) in [5.41, 5.74) is 2.05. The van der Waals surface area contributed by atoms with E-state index in [1.807, 2.05) is 0 Å². The van der Waals surface area contributed by atoms with Crippen molar-refractivity contribution in [2.75, 3.05) is 18.4 Å². The SMILES string of the molecule is CC1(C)Cc2c(cnn2-c2ccccc2F)CN(C(=O)c2nc3n(n2)CCCN3)C1. The van der Waals surface area contributed by atoms with Crippen molar-refractivity contribution in [3.05, 3.63) is 53.4 Å². The number of rotatable bonds is 2. The molecule has 0 unspecified atom stereocenters. The Balaban J connectivity index is 1.49. The largest absolute Gasteiger partial charge is 0.354 e. The molecule has 1 N–H and O–H groups in total. The highest BCUT2D eigenvalue weighted by Crippen LogP contribution is 2.32. The number of fused-ring (bicyclic) bond motifs is 2. The van der Waals surface area contributed by atoms with Crippen LogP contribution < -0.4 is 5.32 Å². The molecule has 2 aliphatic heterocycles. The van der Waals surface area contributed by atoms with Crippen molar-refractivity contribution in [2.24, 2.45) is 5.41 Å². The molecule has 5 rings (SSSR count). The van der Waals surface area contributed by atoms with Gasteiger partial charge in [0, 0.05) is 37.4 Å². The first kappa shape index (κ1) is 18.8. The Bertz CT molecular complexity index is 1090. The molecule has 0 bridgehead atoms. The van der Waals surface area contributed by atoms with Crippen molar-refractivity contribution in [2.45, 2.75) is 39.8 Å². The van der Waals surface area contributed by atoms with Gasteiger partial charge in [-0.25, -0.2) is 13.8 Å². The van der Waals surface area contributed by atoms with Gasteiger partial charge in [-0.05, 0) is 30.4 Å². The molecule has 0 saturated carbocycles. The van der Waals surface area contributed by atoms with E-state index in [0.717, 1.165) is 30.8 Å². The van der Waals surface area contributed by atoms with Crippen LogP contribution in [0.25, 0.3) is 5.69 Å². The number of hydrogen-bond donors (Lipinski definition) is 1. The summed E-state index contributed by atoms with van der Waals surface area (Å²) >= 11 is 0. The van der Waals surface area contributed by atoms with Gasteiger partial charge >= 0.3 is 0 Å². The summed E-state index contributed by atoms with van der Waals surface area (Å²) < 4.78 is 17.8. The number of aryl methyl sites for hydroxylation is 1. The Kier molecular flexibility index (Phi) is 4.34. The molecule has 0 aliphatic carbocycles. The fourth-order valence-corrected chi connectivity index (χ4v) is 4.28. The van der Waals surface area contributed by atoms with Crippen LogP contribution in [0.5, 0.6) is 0 Å². The van der Waals surface area contributed by atoms with Crippen LogP contribution in [0, 0.1) is 11.2 Å². The number of carbonyl (C=O) groups excluding carboxylic acids is 1. The van der Waals surface area contributed by atoms with Crippen LogP contribution in [-0.2, 0) is 19.5 Å². The van der Waals surface area contributed by atoms with Crippen LogP contribution in [0.4, 0.5) is 10.3 Å². The molecular formula is C21H24FN7O. The van der Waals surface area contributed by atoms with Gasteiger partial charge in [-0.15, -0.1) is 5.10 Å². The molecule has 30 heavy (non-hydrogen) atoms. The molecule has 3 aromatic rings. The van der Waals surface area contributed by atoms with E-state index in [1.54, 1.807) is 38.7 Å². The normalized spacial score (nSPS) is 17.6. The first-order chi connectivity index (χ1) is 14.4. The molecule has 156 valence electrons. The lowest BCUT2D eigenvalue weighted by atomic mass is 9.87. The van der Waals surface area contributed by atoms with Gasteiger partial charge < -0.3 is 10.2 Å². The molecule has 2 aliphatic rings. The number of nitrogens with zero attached hydrogens (tertiary/aromatic N) is 6. The van der Waals surface area contributed by atoms with Gasteiger partial charge in [0.1, 0.15) is 11.5 Å². The maximum atomic E-state index is 14.4. The maximum absolute atomic E-state index is 14.4. The Morgan fingerprint density at radius 1 is 1.27 bits per heavy atom. The minimum absolute atomic E-state index is 0.196. The Morgan fingerprint density at radius 3 is 2.90 bits per heavy atom. The maximum Gasteiger partial charge on any atom is 0.293 e. The monoisotopic (exact) mass is 409 g/mol. The van der Waals surface area contributed by atoms with Gasteiger partial charge in [0.15, 0.2) is 0 Å². The first-order valence-electron chi connectivity index (χ1n) is 10.2. The number of halogens is 1. The van der Waals surface area contributed by atoms with Crippen molar-refractivity contribution in [3.63, 3.8) is 0 Å². The number of amides is 1. The number of benzene rings is 1. The third-order valence-corrected chi connectivity index (χ3v) is 5.64. The third-order valence-electron chi connectivity index (χ3n) is 5.64. The molecule has 0 radical (unpaired) electrons. The molecule has 0 saturated heterocycles. The second-order valence-electron chi connectivity index (χ2n) is 8.74. The van der Waals surface area contributed by atoms with Crippen LogP contribution in [0.1, 0.15) is 42.1 Å². The molecule has 1 aromatic carbocycles. The molecule has 0 spiro atoms. The molecule has 8 nitrogen and oxygen atoms in total. The summed E-state index contributed by atoms with van der Waals surface area (Å²) in [6, 6.07) is 6.61. The van der Waals surface area contributed by atoms with Crippen LogP contribution >= 0.6 is 0 Å². The summed E-state index contributed by atoms with van der Waals surface area (Å²) in [6.07, 6.45) is 3.37. The van der Waals surface area contributed by atoms with E-state index in [0.29, 0.717) is 31.1 Å². The Morgan fingerprint density at radius 2 is 2.10 bits per heavy atom. The van der Waals surface area contributed by atoms with E-state index in [1.165, 1.54) is 6.07 Å². The van der Waals surface area contributed by atoms with Crippen molar-refractivity contribution in [3.8, 4) is 5.69 Å². The predicted octanol–water partition coefficient (Wildman–Crippen LogP) is 2.64. The summed E-state index contributed by atoms with van der Waals surface area (Å²) in [5, 5.41) is 12.0. The van der Waals surface area contributed by atoms with Crippen LogP contribution in [-0.4, -0.2) is 48.4 Å². The molecular weight excluding hydrogens is 385 g/mol. The second kappa shape index (κ2) is 6.93. The zero-order valence-electron chi connectivity index (χ0n) is 17.1. The first-order valence-corrected chi connectivity index (χ1v) is 10.2. The summed E-state index contributed by atoms with van der Waals surface area (Å²) in [6.45, 7) is 6.75.